The van der Waals surface area contributed by atoms with Crippen LogP contribution in [0.3, 0.4) is 0 Å². The van der Waals surface area contributed by atoms with Crippen LogP contribution in [0.4, 0.5) is 0 Å². The van der Waals surface area contributed by atoms with Crippen LogP contribution in [0.1, 0.15) is 36.8 Å². The van der Waals surface area contributed by atoms with Gasteiger partial charge in [0, 0.05) is 5.92 Å². The van der Waals surface area contributed by atoms with Crippen molar-refractivity contribution in [2.24, 2.45) is 0 Å². The van der Waals surface area contributed by atoms with Gasteiger partial charge in [-0.3, -0.25) is 0 Å². The fraction of sp³-hybridized carbons (Fsp3) is 0.250. The van der Waals surface area contributed by atoms with E-state index in [2.05, 4.69) is 67.6 Å². The Hall–Kier alpha value is -1.60. The minimum absolute atomic E-state index is 0. The predicted molar refractivity (Wildman–Crippen MR) is 74.7 cm³/mol. The van der Waals surface area contributed by atoms with Crippen molar-refractivity contribution >= 4 is 0 Å². The quantitative estimate of drug-likeness (QED) is 0.801. The van der Waals surface area contributed by atoms with Gasteiger partial charge in [0.15, 0.2) is 0 Å². The molecular formula is C16H21N. The Kier molecular flexibility index (Phi) is 5.44. The van der Waals surface area contributed by atoms with Gasteiger partial charge in [0.25, 0.3) is 0 Å². The van der Waals surface area contributed by atoms with Gasteiger partial charge in [-0.05, 0) is 17.5 Å². The fourth-order valence-electron chi connectivity index (χ4n) is 2.19. The van der Waals surface area contributed by atoms with Gasteiger partial charge >= 0.3 is 0 Å². The average Bonchev–Trinajstić information content (AvgIpc) is 2.38. The van der Waals surface area contributed by atoms with E-state index in [1.54, 1.807) is 0 Å². The number of rotatable bonds is 4. The largest absolute Gasteiger partial charge is 0.344 e. The van der Waals surface area contributed by atoms with Crippen molar-refractivity contribution < 1.29 is 0 Å². The molecule has 3 N–H and O–H groups in total. The van der Waals surface area contributed by atoms with Crippen LogP contribution in [0, 0.1) is 0 Å². The van der Waals surface area contributed by atoms with Gasteiger partial charge in [-0.1, -0.05) is 74.0 Å². The molecule has 0 aromatic heterocycles. The molecule has 1 nitrogen and oxygen atoms in total. The van der Waals surface area contributed by atoms with E-state index in [-0.39, 0.29) is 6.15 Å². The van der Waals surface area contributed by atoms with E-state index in [1.165, 1.54) is 24.0 Å². The zero-order valence-corrected chi connectivity index (χ0v) is 10.5. The van der Waals surface area contributed by atoms with Crippen molar-refractivity contribution in [2.75, 3.05) is 0 Å². The fourth-order valence-corrected chi connectivity index (χ4v) is 2.19. The zero-order valence-electron chi connectivity index (χ0n) is 10.5. The van der Waals surface area contributed by atoms with E-state index in [9.17, 15) is 0 Å². The lowest BCUT2D eigenvalue weighted by atomic mass is 9.88. The van der Waals surface area contributed by atoms with Crippen molar-refractivity contribution in [1.29, 1.82) is 0 Å². The molecule has 2 rings (SSSR count). The van der Waals surface area contributed by atoms with Crippen molar-refractivity contribution in [1.82, 2.24) is 6.15 Å². The van der Waals surface area contributed by atoms with Gasteiger partial charge in [-0.15, -0.1) is 0 Å². The van der Waals surface area contributed by atoms with Gasteiger partial charge in [-0.2, -0.15) is 0 Å². The molecule has 1 heteroatoms. The van der Waals surface area contributed by atoms with E-state index in [4.69, 9.17) is 0 Å². The zero-order chi connectivity index (χ0) is 11.2. The average molecular weight is 227 g/mol. The van der Waals surface area contributed by atoms with Crippen LogP contribution in [0.25, 0.3) is 0 Å². The minimum Gasteiger partial charge on any atom is -0.344 e. The van der Waals surface area contributed by atoms with E-state index in [0.29, 0.717) is 5.92 Å². The Bertz CT molecular complexity index is 369. The molecule has 0 bridgehead atoms. The van der Waals surface area contributed by atoms with Gasteiger partial charge in [0.2, 0.25) is 0 Å². The first-order chi connectivity index (χ1) is 7.92. The van der Waals surface area contributed by atoms with Crippen LogP contribution < -0.4 is 6.15 Å². The SMILES string of the molecule is CCCC(c1ccccc1)c1ccccc1.N. The molecule has 0 atom stereocenters. The monoisotopic (exact) mass is 227 g/mol. The predicted octanol–water partition coefficient (Wildman–Crippen LogP) is 4.78. The molecule has 0 aliphatic carbocycles. The molecule has 0 fully saturated rings. The topological polar surface area (TPSA) is 35.0 Å². The van der Waals surface area contributed by atoms with Crippen LogP contribution in [-0.4, -0.2) is 0 Å². The van der Waals surface area contributed by atoms with E-state index in [1.807, 2.05) is 0 Å². The highest BCUT2D eigenvalue weighted by Crippen LogP contribution is 2.28. The van der Waals surface area contributed by atoms with Gasteiger partial charge in [0.05, 0.1) is 0 Å². The van der Waals surface area contributed by atoms with E-state index < -0.39 is 0 Å². The summed E-state index contributed by atoms with van der Waals surface area (Å²) in [5, 5.41) is 0. The Balaban J connectivity index is 0.00000144. The third-order valence-corrected chi connectivity index (χ3v) is 2.98. The normalized spacial score (nSPS) is 10.0. The number of benzene rings is 2. The second-order valence-corrected chi connectivity index (χ2v) is 4.16. The van der Waals surface area contributed by atoms with E-state index >= 15 is 0 Å². The van der Waals surface area contributed by atoms with Crippen LogP contribution in [0.2, 0.25) is 0 Å². The highest BCUT2D eigenvalue weighted by molar-refractivity contribution is 5.32. The molecule has 2 aromatic carbocycles. The summed E-state index contributed by atoms with van der Waals surface area (Å²) in [5.74, 6) is 0.549. The van der Waals surface area contributed by atoms with Gasteiger partial charge < -0.3 is 6.15 Å². The smallest absolute Gasteiger partial charge is 0.00892 e. The summed E-state index contributed by atoms with van der Waals surface area (Å²) in [6.45, 7) is 2.25. The summed E-state index contributed by atoms with van der Waals surface area (Å²) in [6, 6.07) is 21.6. The van der Waals surface area contributed by atoms with Crippen LogP contribution in [0.15, 0.2) is 60.7 Å². The summed E-state index contributed by atoms with van der Waals surface area (Å²) in [7, 11) is 0. The second-order valence-electron chi connectivity index (χ2n) is 4.16. The minimum atomic E-state index is 0. The highest BCUT2D eigenvalue weighted by atomic mass is 14.2. The molecule has 0 amide bonds. The Labute approximate surface area is 104 Å². The maximum Gasteiger partial charge on any atom is 0.00892 e. The summed E-state index contributed by atoms with van der Waals surface area (Å²) in [4.78, 5) is 0. The lowest BCUT2D eigenvalue weighted by molar-refractivity contribution is 0.698. The Morgan fingerprint density at radius 3 is 1.53 bits per heavy atom. The van der Waals surface area contributed by atoms with Crippen LogP contribution in [0.5, 0.6) is 0 Å². The lowest BCUT2D eigenvalue weighted by Gasteiger charge is -2.17. The summed E-state index contributed by atoms with van der Waals surface area (Å²) in [6.07, 6.45) is 2.43. The molecule has 0 aliphatic heterocycles. The molecule has 17 heavy (non-hydrogen) atoms. The van der Waals surface area contributed by atoms with Crippen molar-refractivity contribution in [3.05, 3.63) is 71.8 Å². The van der Waals surface area contributed by atoms with Gasteiger partial charge in [0.1, 0.15) is 0 Å². The first-order valence-corrected chi connectivity index (χ1v) is 6.01. The molecule has 0 heterocycles. The molecular weight excluding hydrogens is 206 g/mol. The Morgan fingerprint density at radius 2 is 1.18 bits per heavy atom. The first kappa shape index (κ1) is 13.5. The second kappa shape index (κ2) is 6.87. The number of hydrogen-bond donors (Lipinski definition) is 1. The highest BCUT2D eigenvalue weighted by Gasteiger charge is 2.11. The Morgan fingerprint density at radius 1 is 0.765 bits per heavy atom. The third kappa shape index (κ3) is 3.43. The summed E-state index contributed by atoms with van der Waals surface area (Å²) in [5.41, 5.74) is 2.85. The van der Waals surface area contributed by atoms with Gasteiger partial charge in [-0.25, -0.2) is 0 Å². The molecule has 0 radical (unpaired) electrons. The van der Waals surface area contributed by atoms with Crippen LogP contribution in [-0.2, 0) is 0 Å². The molecule has 90 valence electrons. The molecule has 0 aliphatic rings. The standard InChI is InChI=1S/C16H18.H3N/c1-2-9-16(14-10-5-3-6-11-14)15-12-7-4-8-13-15;/h3-8,10-13,16H,2,9H2,1H3;1H3. The van der Waals surface area contributed by atoms with Crippen LogP contribution >= 0.6 is 0 Å². The lowest BCUT2D eigenvalue weighted by Crippen LogP contribution is -2.00. The molecule has 0 saturated carbocycles. The summed E-state index contributed by atoms with van der Waals surface area (Å²) >= 11 is 0. The maximum absolute atomic E-state index is 2.25. The number of hydrogen-bond acceptors (Lipinski definition) is 1. The van der Waals surface area contributed by atoms with Crippen molar-refractivity contribution in [3.63, 3.8) is 0 Å². The summed E-state index contributed by atoms with van der Waals surface area (Å²) < 4.78 is 0. The molecule has 0 saturated heterocycles. The maximum atomic E-state index is 2.25. The molecule has 2 aromatic rings. The van der Waals surface area contributed by atoms with Crippen molar-refractivity contribution in [3.8, 4) is 0 Å². The molecule has 0 spiro atoms. The van der Waals surface area contributed by atoms with Crippen molar-refractivity contribution in [2.45, 2.75) is 25.7 Å². The first-order valence-electron chi connectivity index (χ1n) is 6.01. The third-order valence-electron chi connectivity index (χ3n) is 2.98. The molecule has 0 unspecified atom stereocenters. The van der Waals surface area contributed by atoms with E-state index in [0.717, 1.165) is 0 Å².